The molecule has 2 heterocycles. The van der Waals surface area contributed by atoms with Crippen LogP contribution in [0.4, 0.5) is 0 Å². The van der Waals surface area contributed by atoms with Gasteiger partial charge in [0.15, 0.2) is 5.82 Å². The highest BCUT2D eigenvalue weighted by atomic mass is 32.1. The second-order valence-electron chi connectivity index (χ2n) is 5.96. The molecule has 2 aromatic heterocycles. The minimum atomic E-state index is -0.174. The van der Waals surface area contributed by atoms with Crippen molar-refractivity contribution < 1.29 is 9.47 Å². The van der Waals surface area contributed by atoms with Crippen molar-refractivity contribution in [3.63, 3.8) is 0 Å². The number of aromatic nitrogens is 3. The first-order valence-corrected chi connectivity index (χ1v) is 9.35. The first-order chi connectivity index (χ1) is 13.7. The van der Waals surface area contributed by atoms with Crippen molar-refractivity contribution in [2.24, 2.45) is 0 Å². The Bertz CT molecular complexity index is 1240. The van der Waals surface area contributed by atoms with Gasteiger partial charge in [0.2, 0.25) is 4.96 Å². The minimum absolute atomic E-state index is 0.174. The molecule has 0 spiro atoms. The van der Waals surface area contributed by atoms with Gasteiger partial charge in [-0.3, -0.25) is 4.79 Å². The molecule has 7 heteroatoms. The van der Waals surface area contributed by atoms with Crippen LogP contribution in [0.25, 0.3) is 23.2 Å². The zero-order chi connectivity index (χ0) is 19.5. The molecule has 0 radical (unpaired) electrons. The lowest BCUT2D eigenvalue weighted by molar-refractivity contribution is 0.414. The molecule has 0 aliphatic heterocycles. The van der Waals surface area contributed by atoms with E-state index in [-0.39, 0.29) is 5.56 Å². The fourth-order valence-electron chi connectivity index (χ4n) is 2.66. The fraction of sp³-hybridized carbons (Fsp3) is 0.0952. The monoisotopic (exact) mass is 391 g/mol. The van der Waals surface area contributed by atoms with Crippen molar-refractivity contribution in [1.29, 1.82) is 0 Å². The average molecular weight is 391 g/mol. The molecular weight excluding hydrogens is 374 g/mol. The largest absolute Gasteiger partial charge is 0.497 e. The maximum atomic E-state index is 12.6. The van der Waals surface area contributed by atoms with Crippen LogP contribution >= 0.6 is 11.3 Å². The van der Waals surface area contributed by atoms with Crippen LogP contribution < -0.4 is 19.6 Å². The second kappa shape index (κ2) is 7.66. The molecule has 4 aromatic rings. The Morgan fingerprint density at radius 3 is 2.07 bits per heavy atom. The van der Waals surface area contributed by atoms with E-state index in [2.05, 4.69) is 10.1 Å². The van der Waals surface area contributed by atoms with E-state index in [1.165, 1.54) is 15.9 Å². The maximum absolute atomic E-state index is 12.6. The first kappa shape index (κ1) is 17.9. The Morgan fingerprint density at radius 1 is 0.893 bits per heavy atom. The summed E-state index contributed by atoms with van der Waals surface area (Å²) in [7, 11) is 3.25. The highest BCUT2D eigenvalue weighted by molar-refractivity contribution is 7.15. The van der Waals surface area contributed by atoms with Crippen molar-refractivity contribution in [2.45, 2.75) is 0 Å². The van der Waals surface area contributed by atoms with Crippen LogP contribution in [0, 0.1) is 0 Å². The highest BCUT2D eigenvalue weighted by Gasteiger charge is 2.08. The summed E-state index contributed by atoms with van der Waals surface area (Å²) >= 11 is 1.32. The summed E-state index contributed by atoms with van der Waals surface area (Å²) in [6.45, 7) is 0. The number of methoxy groups -OCH3 is 2. The molecule has 0 aliphatic carbocycles. The van der Waals surface area contributed by atoms with Crippen molar-refractivity contribution in [3.05, 3.63) is 80.4 Å². The molecule has 6 nitrogen and oxygen atoms in total. The highest BCUT2D eigenvalue weighted by Crippen LogP contribution is 2.14. The van der Waals surface area contributed by atoms with Gasteiger partial charge in [-0.15, -0.1) is 5.10 Å². The maximum Gasteiger partial charge on any atom is 0.291 e. The SMILES string of the molecule is COc1ccc(C=Cc2nc3sc(=Cc4ccc(OC)cc4)c(=O)n3n2)cc1. The third kappa shape index (κ3) is 3.65. The van der Waals surface area contributed by atoms with E-state index in [0.717, 1.165) is 22.6 Å². The third-order valence-corrected chi connectivity index (χ3v) is 5.11. The lowest BCUT2D eigenvalue weighted by Crippen LogP contribution is -2.23. The Kier molecular flexibility index (Phi) is 4.90. The summed E-state index contributed by atoms with van der Waals surface area (Å²) in [5.74, 6) is 2.07. The van der Waals surface area contributed by atoms with Gasteiger partial charge in [0.25, 0.3) is 5.56 Å². The van der Waals surface area contributed by atoms with E-state index in [1.54, 1.807) is 20.3 Å². The molecule has 2 aromatic carbocycles. The van der Waals surface area contributed by atoms with Crippen LogP contribution in [0.5, 0.6) is 11.5 Å². The number of hydrogen-bond acceptors (Lipinski definition) is 6. The van der Waals surface area contributed by atoms with Gasteiger partial charge in [-0.25, -0.2) is 0 Å². The number of ether oxygens (including phenoxy) is 2. The summed E-state index contributed by atoms with van der Waals surface area (Å²) in [5.41, 5.74) is 1.74. The van der Waals surface area contributed by atoms with Gasteiger partial charge in [-0.1, -0.05) is 41.7 Å². The van der Waals surface area contributed by atoms with Crippen LogP contribution in [-0.4, -0.2) is 28.8 Å². The molecule has 0 saturated heterocycles. The Hall–Kier alpha value is -3.45. The first-order valence-electron chi connectivity index (χ1n) is 8.54. The molecule has 0 aliphatic rings. The molecule has 0 N–H and O–H groups in total. The molecule has 28 heavy (non-hydrogen) atoms. The van der Waals surface area contributed by atoms with E-state index in [0.29, 0.717) is 15.3 Å². The van der Waals surface area contributed by atoms with E-state index < -0.39 is 0 Å². The van der Waals surface area contributed by atoms with Crippen molar-refractivity contribution in [2.75, 3.05) is 14.2 Å². The van der Waals surface area contributed by atoms with Crippen molar-refractivity contribution in [3.8, 4) is 11.5 Å². The summed E-state index contributed by atoms with van der Waals surface area (Å²) in [6, 6.07) is 15.2. The van der Waals surface area contributed by atoms with E-state index in [1.807, 2.05) is 60.7 Å². The molecule has 140 valence electrons. The lowest BCUT2D eigenvalue weighted by atomic mass is 10.2. The zero-order valence-corrected chi connectivity index (χ0v) is 16.1. The van der Waals surface area contributed by atoms with Gasteiger partial charge in [0.05, 0.1) is 18.8 Å². The summed E-state index contributed by atoms with van der Waals surface area (Å²) in [4.78, 5) is 17.6. The van der Waals surface area contributed by atoms with E-state index in [9.17, 15) is 4.79 Å². The molecule has 0 unspecified atom stereocenters. The van der Waals surface area contributed by atoms with Crippen LogP contribution in [0.1, 0.15) is 17.0 Å². The van der Waals surface area contributed by atoms with Gasteiger partial charge in [-0.2, -0.15) is 9.50 Å². The number of thiazole rings is 1. The Balaban J connectivity index is 1.61. The van der Waals surface area contributed by atoms with Gasteiger partial charge < -0.3 is 9.47 Å². The van der Waals surface area contributed by atoms with Crippen LogP contribution in [0.3, 0.4) is 0 Å². The third-order valence-electron chi connectivity index (χ3n) is 4.15. The smallest absolute Gasteiger partial charge is 0.291 e. The number of fused-ring (bicyclic) bond motifs is 1. The van der Waals surface area contributed by atoms with Gasteiger partial charge in [0.1, 0.15) is 11.5 Å². The second-order valence-corrected chi connectivity index (χ2v) is 6.97. The molecule has 0 bridgehead atoms. The van der Waals surface area contributed by atoms with Gasteiger partial charge >= 0.3 is 0 Å². The number of nitrogens with zero attached hydrogens (tertiary/aromatic N) is 3. The van der Waals surface area contributed by atoms with Crippen molar-refractivity contribution >= 4 is 34.5 Å². The molecule has 0 fully saturated rings. The van der Waals surface area contributed by atoms with E-state index in [4.69, 9.17) is 9.47 Å². The fourth-order valence-corrected chi connectivity index (χ4v) is 3.57. The quantitative estimate of drug-likeness (QED) is 0.523. The number of benzene rings is 2. The summed E-state index contributed by atoms with van der Waals surface area (Å²) in [5, 5.41) is 4.30. The average Bonchev–Trinajstić information content (AvgIpc) is 3.26. The van der Waals surface area contributed by atoms with Crippen molar-refractivity contribution in [1.82, 2.24) is 14.6 Å². The predicted molar refractivity (Wildman–Crippen MR) is 111 cm³/mol. The standard InChI is InChI=1S/C21H17N3O3S/c1-26-16-8-3-14(4-9-16)7-12-19-22-21-24(23-19)20(25)18(28-21)13-15-5-10-17(27-2)11-6-15/h3-13H,1-2H3. The molecule has 0 saturated carbocycles. The van der Waals surface area contributed by atoms with Gasteiger partial charge in [-0.05, 0) is 47.5 Å². The Labute approximate surface area is 165 Å². The zero-order valence-electron chi connectivity index (χ0n) is 15.3. The molecular formula is C21H17N3O3S. The molecule has 4 rings (SSSR count). The summed E-state index contributed by atoms with van der Waals surface area (Å²) in [6.07, 6.45) is 5.51. The molecule has 0 atom stereocenters. The predicted octanol–water partition coefficient (Wildman–Crippen LogP) is 2.89. The lowest BCUT2D eigenvalue weighted by Gasteiger charge is -1.98. The minimum Gasteiger partial charge on any atom is -0.497 e. The normalized spacial score (nSPS) is 12.1. The number of hydrogen-bond donors (Lipinski definition) is 0. The molecule has 0 amide bonds. The Morgan fingerprint density at radius 2 is 1.50 bits per heavy atom. The van der Waals surface area contributed by atoms with Gasteiger partial charge in [0, 0.05) is 0 Å². The van der Waals surface area contributed by atoms with Crippen LogP contribution in [-0.2, 0) is 0 Å². The van der Waals surface area contributed by atoms with E-state index >= 15 is 0 Å². The number of rotatable bonds is 5. The summed E-state index contributed by atoms with van der Waals surface area (Å²) < 4.78 is 12.2. The van der Waals surface area contributed by atoms with Crippen LogP contribution in [0.15, 0.2) is 53.3 Å². The van der Waals surface area contributed by atoms with Crippen LogP contribution in [0.2, 0.25) is 0 Å². The topological polar surface area (TPSA) is 65.7 Å².